The van der Waals surface area contributed by atoms with E-state index in [0.29, 0.717) is 18.5 Å². The molecule has 0 bridgehead atoms. The Hall–Kier alpha value is -1.75. The second-order valence-electron chi connectivity index (χ2n) is 7.49. The first kappa shape index (κ1) is 16.7. The van der Waals surface area contributed by atoms with Gasteiger partial charge in [0.25, 0.3) is 0 Å². The summed E-state index contributed by atoms with van der Waals surface area (Å²) in [7, 11) is 0. The maximum absolute atomic E-state index is 10.4. The zero-order valence-electron chi connectivity index (χ0n) is 14.6. The Balaban J connectivity index is 1.30. The second-order valence-corrected chi connectivity index (χ2v) is 7.49. The zero-order chi connectivity index (χ0) is 17.1. The van der Waals surface area contributed by atoms with Gasteiger partial charge in [0.2, 0.25) is 0 Å². The summed E-state index contributed by atoms with van der Waals surface area (Å²) in [6.07, 6.45) is 5.56. The number of benzene rings is 1. The summed E-state index contributed by atoms with van der Waals surface area (Å²) in [5.41, 5.74) is 2.34. The molecule has 4 heteroatoms. The summed E-state index contributed by atoms with van der Waals surface area (Å²) in [5.74, 6) is 1.52. The highest BCUT2D eigenvalue weighted by Gasteiger charge is 2.42. The van der Waals surface area contributed by atoms with Crippen molar-refractivity contribution in [1.29, 1.82) is 0 Å². The smallest absolute Gasteiger partial charge is 0.0915 e. The van der Waals surface area contributed by atoms with Crippen molar-refractivity contribution in [1.82, 2.24) is 15.2 Å². The molecular formula is C21H27N3O. The van der Waals surface area contributed by atoms with Gasteiger partial charge in [-0.1, -0.05) is 30.3 Å². The number of nitrogens with one attached hydrogen (secondary N) is 1. The summed E-state index contributed by atoms with van der Waals surface area (Å²) in [4.78, 5) is 6.61. The number of hydrogen-bond acceptors (Lipinski definition) is 4. The molecule has 1 aromatic carbocycles. The number of nitrogens with zero attached hydrogens (tertiary/aromatic N) is 2. The van der Waals surface area contributed by atoms with Crippen LogP contribution in [0.1, 0.15) is 30.1 Å². The van der Waals surface area contributed by atoms with Gasteiger partial charge in [0.15, 0.2) is 0 Å². The molecule has 2 heterocycles. The number of rotatable bonds is 6. The van der Waals surface area contributed by atoms with Crippen molar-refractivity contribution in [3.8, 4) is 0 Å². The second kappa shape index (κ2) is 7.65. The molecule has 1 saturated carbocycles. The lowest BCUT2D eigenvalue weighted by Gasteiger charge is -2.23. The third-order valence-corrected chi connectivity index (χ3v) is 5.85. The fraction of sp³-hybridized carbons (Fsp3) is 0.476. The van der Waals surface area contributed by atoms with E-state index in [9.17, 15) is 5.11 Å². The molecule has 1 aromatic heterocycles. The molecule has 1 saturated heterocycles. The lowest BCUT2D eigenvalue weighted by Crippen LogP contribution is -2.38. The van der Waals surface area contributed by atoms with E-state index in [1.54, 1.807) is 12.4 Å². The Bertz CT molecular complexity index is 663. The Morgan fingerprint density at radius 3 is 2.68 bits per heavy atom. The minimum absolute atomic E-state index is 0.455. The van der Waals surface area contributed by atoms with E-state index >= 15 is 0 Å². The lowest BCUT2D eigenvalue weighted by atomic mass is 9.97. The number of fused-ring (bicyclic) bond motifs is 1. The molecule has 0 radical (unpaired) electrons. The van der Waals surface area contributed by atoms with E-state index in [0.717, 1.165) is 18.0 Å². The summed E-state index contributed by atoms with van der Waals surface area (Å²) in [6, 6.07) is 15.1. The topological polar surface area (TPSA) is 48.4 Å². The van der Waals surface area contributed by atoms with E-state index in [1.807, 2.05) is 12.1 Å². The average Bonchev–Trinajstić information content (AvgIpc) is 3.22. The third kappa shape index (κ3) is 3.92. The maximum atomic E-state index is 10.4. The highest BCUT2D eigenvalue weighted by atomic mass is 16.3. The lowest BCUT2D eigenvalue weighted by molar-refractivity contribution is 0.164. The number of pyridine rings is 1. The van der Waals surface area contributed by atoms with E-state index in [2.05, 4.69) is 45.5 Å². The standard InChI is InChI=1S/C21H27N3O/c25-21(17-8-10-22-11-9-17)12-23-20-7-6-18-14-24(15-19(18)20)13-16-4-2-1-3-5-16/h1-5,8-11,18-21,23,25H,6-7,12-15H2. The quantitative estimate of drug-likeness (QED) is 0.851. The normalized spacial score (nSPS) is 27.3. The van der Waals surface area contributed by atoms with Crippen LogP contribution in [0.5, 0.6) is 0 Å². The van der Waals surface area contributed by atoms with Gasteiger partial charge in [0.05, 0.1) is 6.10 Å². The summed E-state index contributed by atoms with van der Waals surface area (Å²) in [6.45, 7) is 4.06. The third-order valence-electron chi connectivity index (χ3n) is 5.85. The summed E-state index contributed by atoms with van der Waals surface area (Å²) >= 11 is 0. The molecule has 4 atom stereocenters. The highest BCUT2D eigenvalue weighted by Crippen LogP contribution is 2.38. The van der Waals surface area contributed by atoms with Crippen molar-refractivity contribution in [2.24, 2.45) is 11.8 Å². The fourth-order valence-corrected chi connectivity index (χ4v) is 4.55. The van der Waals surface area contributed by atoms with Crippen LogP contribution in [0.4, 0.5) is 0 Å². The predicted octanol–water partition coefficient (Wildman–Crippen LogP) is 2.62. The molecule has 0 spiro atoms. The molecule has 2 fully saturated rings. The van der Waals surface area contributed by atoms with Gasteiger partial charge in [0, 0.05) is 44.6 Å². The van der Waals surface area contributed by atoms with Crippen molar-refractivity contribution >= 4 is 0 Å². The van der Waals surface area contributed by atoms with Gasteiger partial charge in [-0.3, -0.25) is 9.88 Å². The van der Waals surface area contributed by atoms with Crippen molar-refractivity contribution in [2.75, 3.05) is 19.6 Å². The molecule has 1 aliphatic heterocycles. The first-order chi connectivity index (χ1) is 12.3. The maximum Gasteiger partial charge on any atom is 0.0915 e. The van der Waals surface area contributed by atoms with Gasteiger partial charge in [-0.05, 0) is 47.9 Å². The van der Waals surface area contributed by atoms with Gasteiger partial charge in [-0.2, -0.15) is 0 Å². The van der Waals surface area contributed by atoms with Gasteiger partial charge in [0.1, 0.15) is 0 Å². The van der Waals surface area contributed by atoms with Crippen LogP contribution in [0.3, 0.4) is 0 Å². The molecule has 2 aliphatic rings. The Morgan fingerprint density at radius 2 is 1.88 bits per heavy atom. The van der Waals surface area contributed by atoms with Gasteiger partial charge in [-0.15, -0.1) is 0 Å². The van der Waals surface area contributed by atoms with E-state index in [-0.39, 0.29) is 0 Å². The SMILES string of the molecule is OC(CNC1CCC2CN(Cc3ccccc3)CC21)c1ccncc1. The first-order valence-electron chi connectivity index (χ1n) is 9.37. The minimum Gasteiger partial charge on any atom is -0.387 e. The first-order valence-corrected chi connectivity index (χ1v) is 9.37. The zero-order valence-corrected chi connectivity index (χ0v) is 14.6. The van der Waals surface area contributed by atoms with Crippen LogP contribution < -0.4 is 5.32 Å². The molecule has 2 aromatic rings. The fourth-order valence-electron chi connectivity index (χ4n) is 4.55. The van der Waals surface area contributed by atoms with Crippen LogP contribution in [0, 0.1) is 11.8 Å². The number of likely N-dealkylation sites (tertiary alicyclic amines) is 1. The minimum atomic E-state index is -0.455. The Labute approximate surface area is 149 Å². The van der Waals surface area contributed by atoms with Gasteiger partial charge >= 0.3 is 0 Å². The molecule has 2 N–H and O–H groups in total. The summed E-state index contributed by atoms with van der Waals surface area (Å²) < 4.78 is 0. The van der Waals surface area contributed by atoms with Crippen molar-refractivity contribution in [3.05, 3.63) is 66.0 Å². The van der Waals surface area contributed by atoms with Crippen LogP contribution in [0.2, 0.25) is 0 Å². The molecule has 132 valence electrons. The Morgan fingerprint density at radius 1 is 1.08 bits per heavy atom. The Kier molecular flexibility index (Phi) is 5.11. The van der Waals surface area contributed by atoms with Crippen LogP contribution >= 0.6 is 0 Å². The molecular weight excluding hydrogens is 310 g/mol. The molecule has 25 heavy (non-hydrogen) atoms. The van der Waals surface area contributed by atoms with Crippen LogP contribution in [0.15, 0.2) is 54.9 Å². The van der Waals surface area contributed by atoms with Crippen molar-refractivity contribution < 1.29 is 5.11 Å². The number of aromatic nitrogens is 1. The van der Waals surface area contributed by atoms with Crippen LogP contribution in [-0.4, -0.2) is 40.7 Å². The number of aliphatic hydroxyl groups excluding tert-OH is 1. The number of aliphatic hydroxyl groups is 1. The molecule has 0 amide bonds. The largest absolute Gasteiger partial charge is 0.387 e. The number of hydrogen-bond donors (Lipinski definition) is 2. The average molecular weight is 337 g/mol. The highest BCUT2D eigenvalue weighted by molar-refractivity contribution is 5.15. The van der Waals surface area contributed by atoms with E-state index in [4.69, 9.17) is 0 Å². The van der Waals surface area contributed by atoms with Gasteiger partial charge < -0.3 is 10.4 Å². The molecule has 4 rings (SSSR count). The van der Waals surface area contributed by atoms with Crippen molar-refractivity contribution in [2.45, 2.75) is 31.5 Å². The van der Waals surface area contributed by atoms with E-state index in [1.165, 1.54) is 31.5 Å². The molecule has 4 nitrogen and oxygen atoms in total. The van der Waals surface area contributed by atoms with Gasteiger partial charge in [-0.25, -0.2) is 0 Å². The van der Waals surface area contributed by atoms with Crippen LogP contribution in [-0.2, 0) is 6.54 Å². The predicted molar refractivity (Wildman–Crippen MR) is 98.9 cm³/mol. The molecule has 4 unspecified atom stereocenters. The van der Waals surface area contributed by atoms with Crippen LogP contribution in [0.25, 0.3) is 0 Å². The van der Waals surface area contributed by atoms with E-state index < -0.39 is 6.10 Å². The summed E-state index contributed by atoms with van der Waals surface area (Å²) in [5, 5.41) is 14.0. The van der Waals surface area contributed by atoms with Crippen molar-refractivity contribution in [3.63, 3.8) is 0 Å². The monoisotopic (exact) mass is 337 g/mol. The molecule has 1 aliphatic carbocycles.